The molecule has 1 aromatic heterocycles. The first-order valence-corrected chi connectivity index (χ1v) is 10.5. The van der Waals surface area contributed by atoms with E-state index in [0.717, 1.165) is 33.4 Å². The Morgan fingerprint density at radius 3 is 2.12 bits per heavy atom. The summed E-state index contributed by atoms with van der Waals surface area (Å²) in [5.74, 6) is -0.975. The van der Waals surface area contributed by atoms with E-state index < -0.39 is 5.97 Å². The van der Waals surface area contributed by atoms with Gasteiger partial charge in [0, 0.05) is 17.9 Å². The van der Waals surface area contributed by atoms with Crippen LogP contribution in [0.15, 0.2) is 96.4 Å². The van der Waals surface area contributed by atoms with Crippen LogP contribution in [0, 0.1) is 6.92 Å². The fraction of sp³-hybridized carbons (Fsp3) is 0.111. The Hall–Kier alpha value is -4.32. The van der Waals surface area contributed by atoms with Crippen molar-refractivity contribution in [3.05, 3.63) is 119 Å². The molecule has 0 bridgehead atoms. The summed E-state index contributed by atoms with van der Waals surface area (Å²) in [6.07, 6.45) is 3.65. The number of carboxylic acids is 1. The fourth-order valence-corrected chi connectivity index (χ4v) is 3.97. The number of hydrogen-bond acceptors (Lipinski definition) is 5. The average Bonchev–Trinajstić information content (AvgIpc) is 2.86. The summed E-state index contributed by atoms with van der Waals surface area (Å²) >= 11 is 0. The van der Waals surface area contributed by atoms with Crippen LogP contribution in [0.2, 0.25) is 0 Å². The number of aryl methyl sites for hydroxylation is 1. The van der Waals surface area contributed by atoms with Gasteiger partial charge >= 0.3 is 5.97 Å². The minimum absolute atomic E-state index is 0.0336. The number of benzene rings is 3. The van der Waals surface area contributed by atoms with E-state index in [2.05, 4.69) is 46.5 Å². The quantitative estimate of drug-likeness (QED) is 0.224. The Bertz CT molecular complexity index is 1270. The highest BCUT2D eigenvalue weighted by Gasteiger charge is 2.20. The summed E-state index contributed by atoms with van der Waals surface area (Å²) in [4.78, 5) is 11.1. The largest absolute Gasteiger partial charge is 0.478 e. The first-order valence-electron chi connectivity index (χ1n) is 10.5. The van der Waals surface area contributed by atoms with E-state index in [-0.39, 0.29) is 11.5 Å². The van der Waals surface area contributed by atoms with Crippen LogP contribution in [0.25, 0.3) is 11.1 Å². The van der Waals surface area contributed by atoms with Crippen LogP contribution < -0.4 is 0 Å². The van der Waals surface area contributed by atoms with E-state index in [1.807, 2.05) is 36.4 Å². The van der Waals surface area contributed by atoms with Crippen molar-refractivity contribution < 1.29 is 15.1 Å². The van der Waals surface area contributed by atoms with Crippen molar-refractivity contribution >= 4 is 11.7 Å². The van der Waals surface area contributed by atoms with Crippen molar-refractivity contribution in [3.63, 3.8) is 0 Å². The number of hydrogen-bond donors (Lipinski definition) is 2. The third kappa shape index (κ3) is 4.96. The van der Waals surface area contributed by atoms with Gasteiger partial charge in [-0.2, -0.15) is 10.2 Å². The number of oxime groups is 1. The van der Waals surface area contributed by atoms with Crippen LogP contribution in [0.3, 0.4) is 0 Å². The van der Waals surface area contributed by atoms with Crippen molar-refractivity contribution in [2.45, 2.75) is 19.3 Å². The van der Waals surface area contributed by atoms with Gasteiger partial charge in [-0.25, -0.2) is 4.79 Å². The first kappa shape index (κ1) is 21.9. The molecule has 3 aromatic carbocycles. The van der Waals surface area contributed by atoms with Gasteiger partial charge in [-0.1, -0.05) is 65.8 Å². The Balaban J connectivity index is 1.68. The highest BCUT2D eigenvalue weighted by molar-refractivity contribution is 6.00. The molecule has 0 saturated carbocycles. The van der Waals surface area contributed by atoms with Gasteiger partial charge in [-0.15, -0.1) is 0 Å². The van der Waals surface area contributed by atoms with E-state index in [4.69, 9.17) is 5.11 Å². The lowest BCUT2D eigenvalue weighted by Crippen LogP contribution is -2.12. The normalized spacial score (nSPS) is 12.3. The Labute approximate surface area is 191 Å². The highest BCUT2D eigenvalue weighted by atomic mass is 16.4. The predicted molar refractivity (Wildman–Crippen MR) is 127 cm³/mol. The average molecular weight is 437 g/mol. The van der Waals surface area contributed by atoms with E-state index in [9.17, 15) is 10.0 Å². The smallest absolute Gasteiger partial charge is 0.335 e. The zero-order valence-corrected chi connectivity index (χ0v) is 18.1. The number of aromatic nitrogens is 2. The maximum absolute atomic E-state index is 11.1. The second-order valence-electron chi connectivity index (χ2n) is 7.80. The number of carboxylic acid groups (broad SMARTS) is 1. The summed E-state index contributed by atoms with van der Waals surface area (Å²) < 4.78 is 0. The van der Waals surface area contributed by atoms with Crippen LogP contribution >= 0.6 is 0 Å². The Morgan fingerprint density at radius 2 is 1.55 bits per heavy atom. The summed E-state index contributed by atoms with van der Waals surface area (Å²) in [7, 11) is 0. The van der Waals surface area contributed by atoms with Gasteiger partial charge in [0.2, 0.25) is 0 Å². The van der Waals surface area contributed by atoms with Gasteiger partial charge in [0.25, 0.3) is 0 Å². The summed E-state index contributed by atoms with van der Waals surface area (Å²) in [5, 5.41) is 30.1. The Morgan fingerprint density at radius 1 is 0.879 bits per heavy atom. The van der Waals surface area contributed by atoms with E-state index in [1.165, 1.54) is 0 Å². The van der Waals surface area contributed by atoms with Crippen molar-refractivity contribution in [2.75, 3.05) is 0 Å². The topological polar surface area (TPSA) is 95.7 Å². The number of rotatable bonds is 7. The second-order valence-corrected chi connectivity index (χ2v) is 7.80. The lowest BCUT2D eigenvalue weighted by molar-refractivity contribution is 0.0697. The number of carbonyl (C=O) groups is 1. The molecule has 6 nitrogen and oxygen atoms in total. The van der Waals surface area contributed by atoms with Crippen molar-refractivity contribution in [1.82, 2.24) is 10.2 Å². The molecule has 0 aliphatic carbocycles. The maximum atomic E-state index is 11.1. The molecule has 2 N–H and O–H groups in total. The van der Waals surface area contributed by atoms with Gasteiger partial charge in [-0.3, -0.25) is 0 Å². The summed E-state index contributed by atoms with van der Waals surface area (Å²) in [5.41, 5.74) is 6.84. The van der Waals surface area contributed by atoms with E-state index in [0.29, 0.717) is 12.1 Å². The van der Waals surface area contributed by atoms with Gasteiger partial charge in [0.05, 0.1) is 23.7 Å². The van der Waals surface area contributed by atoms with Crippen LogP contribution in [-0.4, -0.2) is 32.2 Å². The third-order valence-corrected chi connectivity index (χ3v) is 5.78. The zero-order valence-electron chi connectivity index (χ0n) is 18.1. The third-order valence-electron chi connectivity index (χ3n) is 5.78. The van der Waals surface area contributed by atoms with Crippen molar-refractivity contribution in [2.24, 2.45) is 5.16 Å². The molecule has 0 fully saturated rings. The Kier molecular flexibility index (Phi) is 6.55. The second kappa shape index (κ2) is 9.87. The molecule has 1 unspecified atom stereocenters. The molecule has 6 heteroatoms. The molecule has 0 aliphatic heterocycles. The molecule has 0 aliphatic rings. The first-order chi connectivity index (χ1) is 16.1. The standard InChI is InChI=1S/C27H23N3O3/c1-18-4-2-3-5-24(18)25(16-26(30-33)23-14-15-28-29-17-23)21-10-6-19(7-11-21)20-8-12-22(13-9-20)27(31)32/h2-15,17,25,33H,16H2,1H3,(H,31,32)/b30-26-. The molecule has 1 heterocycles. The monoisotopic (exact) mass is 437 g/mol. The molecule has 4 rings (SSSR count). The summed E-state index contributed by atoms with van der Waals surface area (Å²) in [6, 6.07) is 25.0. The highest BCUT2D eigenvalue weighted by Crippen LogP contribution is 2.33. The molecule has 4 aromatic rings. The van der Waals surface area contributed by atoms with Gasteiger partial charge in [0.15, 0.2) is 0 Å². The molecular weight excluding hydrogens is 414 g/mol. The SMILES string of the molecule is Cc1ccccc1C(C/C(=N/O)c1ccnnc1)c1ccc(-c2ccc(C(=O)O)cc2)cc1. The zero-order chi connectivity index (χ0) is 23.2. The minimum atomic E-state index is -0.941. The molecule has 0 amide bonds. The molecule has 0 radical (unpaired) electrons. The van der Waals surface area contributed by atoms with Crippen LogP contribution in [0.4, 0.5) is 0 Å². The van der Waals surface area contributed by atoms with E-state index >= 15 is 0 Å². The lowest BCUT2D eigenvalue weighted by Gasteiger charge is -2.21. The fourth-order valence-electron chi connectivity index (χ4n) is 3.97. The minimum Gasteiger partial charge on any atom is -0.478 e. The molecule has 33 heavy (non-hydrogen) atoms. The summed E-state index contributed by atoms with van der Waals surface area (Å²) in [6.45, 7) is 2.07. The van der Waals surface area contributed by atoms with Gasteiger partial charge < -0.3 is 10.3 Å². The molecule has 0 spiro atoms. The lowest BCUT2D eigenvalue weighted by atomic mass is 9.83. The maximum Gasteiger partial charge on any atom is 0.335 e. The van der Waals surface area contributed by atoms with E-state index in [1.54, 1.807) is 30.6 Å². The van der Waals surface area contributed by atoms with Gasteiger partial charge in [0.1, 0.15) is 0 Å². The van der Waals surface area contributed by atoms with Crippen molar-refractivity contribution in [3.8, 4) is 11.1 Å². The van der Waals surface area contributed by atoms with Gasteiger partial charge in [-0.05, 0) is 52.9 Å². The molecule has 0 saturated heterocycles. The molecule has 1 atom stereocenters. The predicted octanol–water partition coefficient (Wildman–Crippen LogP) is 5.55. The molecular formula is C27H23N3O3. The molecule has 164 valence electrons. The number of aromatic carboxylic acids is 1. The number of nitrogens with zero attached hydrogens (tertiary/aromatic N) is 3. The van der Waals surface area contributed by atoms with Crippen LogP contribution in [-0.2, 0) is 0 Å². The van der Waals surface area contributed by atoms with Crippen molar-refractivity contribution in [1.29, 1.82) is 0 Å². The van der Waals surface area contributed by atoms with Crippen LogP contribution in [0.5, 0.6) is 0 Å². The van der Waals surface area contributed by atoms with Crippen LogP contribution in [0.1, 0.15) is 45.0 Å².